The molecule has 0 spiro atoms. The van der Waals surface area contributed by atoms with Crippen molar-refractivity contribution in [3.8, 4) is 0 Å². The largest absolute Gasteiger partial charge is 0.379 e. The highest BCUT2D eigenvalue weighted by atomic mass is 16.5. The van der Waals surface area contributed by atoms with E-state index in [1.165, 1.54) is 12.8 Å². The van der Waals surface area contributed by atoms with Crippen molar-refractivity contribution >= 4 is 5.91 Å². The van der Waals surface area contributed by atoms with Crippen LogP contribution in [0.15, 0.2) is 0 Å². The van der Waals surface area contributed by atoms with E-state index in [4.69, 9.17) is 4.74 Å². The minimum Gasteiger partial charge on any atom is -0.379 e. The van der Waals surface area contributed by atoms with Crippen molar-refractivity contribution in [2.24, 2.45) is 17.8 Å². The minimum absolute atomic E-state index is 0.267. The summed E-state index contributed by atoms with van der Waals surface area (Å²) in [5, 5.41) is 0. The Morgan fingerprint density at radius 3 is 2.17 bits per heavy atom. The molecule has 0 unspecified atom stereocenters. The summed E-state index contributed by atoms with van der Waals surface area (Å²) >= 11 is 0. The number of amides is 1. The van der Waals surface area contributed by atoms with Gasteiger partial charge >= 0.3 is 0 Å². The number of piperidine rings is 2. The Morgan fingerprint density at radius 1 is 1.00 bits per heavy atom. The predicted octanol–water partition coefficient (Wildman–Crippen LogP) is 3.41. The van der Waals surface area contributed by atoms with Gasteiger partial charge < -0.3 is 14.5 Å². The zero-order valence-corrected chi connectivity index (χ0v) is 16.3. The third kappa shape index (κ3) is 6.03. The summed E-state index contributed by atoms with van der Waals surface area (Å²) in [7, 11) is 0. The van der Waals surface area contributed by atoms with Gasteiger partial charge in [0.15, 0.2) is 0 Å². The first-order valence-corrected chi connectivity index (χ1v) is 10.1. The van der Waals surface area contributed by atoms with Gasteiger partial charge in [-0.15, -0.1) is 0 Å². The maximum absolute atomic E-state index is 12.8. The molecule has 0 aliphatic carbocycles. The zero-order chi connectivity index (χ0) is 17.5. The second-order valence-corrected chi connectivity index (χ2v) is 8.30. The van der Waals surface area contributed by atoms with E-state index >= 15 is 0 Å². The summed E-state index contributed by atoms with van der Waals surface area (Å²) < 4.78 is 5.61. The number of carbonyl (C=O) groups excluding carboxylic acids is 1. The topological polar surface area (TPSA) is 32.8 Å². The molecule has 2 rings (SSSR count). The van der Waals surface area contributed by atoms with Crippen LogP contribution in [0, 0.1) is 17.8 Å². The summed E-state index contributed by atoms with van der Waals surface area (Å²) in [6.45, 7) is 14.8. The van der Waals surface area contributed by atoms with Crippen molar-refractivity contribution in [1.82, 2.24) is 9.80 Å². The van der Waals surface area contributed by atoms with E-state index in [1.807, 2.05) is 0 Å². The van der Waals surface area contributed by atoms with Crippen LogP contribution in [-0.4, -0.2) is 61.1 Å². The molecule has 0 saturated carbocycles. The predicted molar refractivity (Wildman–Crippen MR) is 99.0 cm³/mol. The molecule has 2 heterocycles. The normalized spacial score (nSPS) is 21.8. The monoisotopic (exact) mass is 338 g/mol. The van der Waals surface area contributed by atoms with Crippen LogP contribution in [0.1, 0.15) is 59.8 Å². The number of nitrogens with zero attached hydrogens (tertiary/aromatic N) is 2. The molecule has 0 aromatic rings. The van der Waals surface area contributed by atoms with Crippen LogP contribution >= 0.6 is 0 Å². The van der Waals surface area contributed by atoms with Crippen molar-refractivity contribution < 1.29 is 9.53 Å². The van der Waals surface area contributed by atoms with Crippen molar-refractivity contribution in [3.63, 3.8) is 0 Å². The van der Waals surface area contributed by atoms with Gasteiger partial charge in [-0.2, -0.15) is 0 Å². The minimum atomic E-state index is 0.267. The molecule has 4 nitrogen and oxygen atoms in total. The molecule has 2 fully saturated rings. The van der Waals surface area contributed by atoms with E-state index in [2.05, 4.69) is 37.5 Å². The van der Waals surface area contributed by atoms with Gasteiger partial charge in [0.2, 0.25) is 5.91 Å². The van der Waals surface area contributed by atoms with Gasteiger partial charge in [-0.3, -0.25) is 4.79 Å². The van der Waals surface area contributed by atoms with E-state index in [-0.39, 0.29) is 5.92 Å². The lowest BCUT2D eigenvalue weighted by Crippen LogP contribution is -2.46. The molecule has 1 amide bonds. The van der Waals surface area contributed by atoms with Crippen LogP contribution in [0.2, 0.25) is 0 Å². The Bertz CT molecular complexity index is 368. The summed E-state index contributed by atoms with van der Waals surface area (Å²) in [6, 6.07) is 0. The second kappa shape index (κ2) is 9.76. The fourth-order valence-corrected chi connectivity index (χ4v) is 4.06. The molecule has 2 saturated heterocycles. The average Bonchev–Trinajstić information content (AvgIpc) is 2.58. The Kier molecular flexibility index (Phi) is 8.02. The molecule has 0 aromatic heterocycles. The molecule has 0 aromatic carbocycles. The highest BCUT2D eigenvalue weighted by Gasteiger charge is 2.31. The molecule has 0 radical (unpaired) electrons. The second-order valence-electron chi connectivity index (χ2n) is 8.30. The first-order chi connectivity index (χ1) is 11.5. The Balaban J connectivity index is 1.64. The number of hydrogen-bond donors (Lipinski definition) is 0. The third-order valence-corrected chi connectivity index (χ3v) is 5.80. The van der Waals surface area contributed by atoms with Crippen molar-refractivity contribution in [3.05, 3.63) is 0 Å². The molecular weight excluding hydrogens is 300 g/mol. The van der Waals surface area contributed by atoms with E-state index in [0.29, 0.717) is 12.0 Å². The first kappa shape index (κ1) is 19.7. The summed E-state index contributed by atoms with van der Waals surface area (Å²) in [5.74, 6) is 2.26. The molecule has 0 N–H and O–H groups in total. The fraction of sp³-hybridized carbons (Fsp3) is 0.950. The van der Waals surface area contributed by atoms with Crippen LogP contribution in [0.25, 0.3) is 0 Å². The number of likely N-dealkylation sites (tertiary alicyclic amines) is 2. The van der Waals surface area contributed by atoms with E-state index < -0.39 is 0 Å². The van der Waals surface area contributed by atoms with Gasteiger partial charge in [0, 0.05) is 32.2 Å². The number of carbonyl (C=O) groups is 1. The summed E-state index contributed by atoms with van der Waals surface area (Å²) in [5.41, 5.74) is 0. The van der Waals surface area contributed by atoms with Gasteiger partial charge in [-0.05, 0) is 70.9 Å². The zero-order valence-electron chi connectivity index (χ0n) is 16.3. The smallest absolute Gasteiger partial charge is 0.225 e. The molecule has 0 bridgehead atoms. The molecule has 2 aliphatic heterocycles. The summed E-state index contributed by atoms with van der Waals surface area (Å²) in [6.07, 6.45) is 5.88. The molecular formula is C20H38N2O2. The van der Waals surface area contributed by atoms with Gasteiger partial charge in [0.1, 0.15) is 0 Å². The first-order valence-electron chi connectivity index (χ1n) is 10.1. The quantitative estimate of drug-likeness (QED) is 0.667. The lowest BCUT2D eigenvalue weighted by Gasteiger charge is -2.38. The third-order valence-electron chi connectivity index (χ3n) is 5.80. The van der Waals surface area contributed by atoms with Crippen molar-refractivity contribution in [1.29, 1.82) is 0 Å². The number of ether oxygens (including phenoxy) is 1. The molecule has 140 valence electrons. The standard InChI is InChI=1S/C20H38N2O2/c1-16(2)18-8-13-22(14-9-18)20(23)19-6-11-21(12-7-19)10-5-15-24-17(3)4/h16-19H,5-15H2,1-4H3. The van der Waals surface area contributed by atoms with Crippen LogP contribution in [0.4, 0.5) is 0 Å². The van der Waals surface area contributed by atoms with Gasteiger partial charge in [0.25, 0.3) is 0 Å². The highest BCUT2D eigenvalue weighted by molar-refractivity contribution is 5.79. The average molecular weight is 339 g/mol. The van der Waals surface area contributed by atoms with Crippen molar-refractivity contribution in [2.45, 2.75) is 65.9 Å². The van der Waals surface area contributed by atoms with Crippen LogP contribution in [0.3, 0.4) is 0 Å². The van der Waals surface area contributed by atoms with Crippen molar-refractivity contribution in [2.75, 3.05) is 39.3 Å². The van der Waals surface area contributed by atoms with Gasteiger partial charge in [-0.25, -0.2) is 0 Å². The SMILES string of the molecule is CC(C)OCCCN1CCC(C(=O)N2CCC(C(C)C)CC2)CC1. The van der Waals surface area contributed by atoms with Gasteiger partial charge in [0.05, 0.1) is 6.10 Å². The molecule has 4 heteroatoms. The Labute approximate surface area is 148 Å². The van der Waals surface area contributed by atoms with Crippen LogP contribution < -0.4 is 0 Å². The van der Waals surface area contributed by atoms with Gasteiger partial charge in [-0.1, -0.05) is 13.8 Å². The highest BCUT2D eigenvalue weighted by Crippen LogP contribution is 2.27. The Hall–Kier alpha value is -0.610. The molecule has 2 aliphatic rings. The molecule has 0 atom stereocenters. The van der Waals surface area contributed by atoms with E-state index in [1.54, 1.807) is 0 Å². The number of hydrogen-bond acceptors (Lipinski definition) is 3. The maximum atomic E-state index is 12.8. The number of rotatable bonds is 7. The maximum Gasteiger partial charge on any atom is 0.225 e. The molecule has 24 heavy (non-hydrogen) atoms. The Morgan fingerprint density at radius 2 is 1.62 bits per heavy atom. The van der Waals surface area contributed by atoms with Crippen LogP contribution in [0.5, 0.6) is 0 Å². The fourth-order valence-electron chi connectivity index (χ4n) is 4.06. The summed E-state index contributed by atoms with van der Waals surface area (Å²) in [4.78, 5) is 17.4. The van der Waals surface area contributed by atoms with E-state index in [0.717, 1.165) is 70.4 Å². The van der Waals surface area contributed by atoms with E-state index in [9.17, 15) is 4.79 Å². The lowest BCUT2D eigenvalue weighted by molar-refractivity contribution is -0.138. The lowest BCUT2D eigenvalue weighted by atomic mass is 9.86. The van der Waals surface area contributed by atoms with Crippen LogP contribution in [-0.2, 0) is 9.53 Å².